The molecule has 0 atom stereocenters. The van der Waals surface area contributed by atoms with Crippen molar-refractivity contribution in [2.24, 2.45) is 0 Å². The lowest BCUT2D eigenvalue weighted by Crippen LogP contribution is -2.25. The molecule has 6 heteroatoms. The summed E-state index contributed by atoms with van der Waals surface area (Å²) in [5.74, 6) is 1.13. The third-order valence-corrected chi connectivity index (χ3v) is 3.44. The van der Waals surface area contributed by atoms with Gasteiger partial charge in [-0.25, -0.2) is 4.98 Å². The Morgan fingerprint density at radius 3 is 2.95 bits per heavy atom. The Hall–Kier alpha value is -2.50. The topological polar surface area (TPSA) is 84.2 Å². The largest absolute Gasteiger partial charge is 0.491 e. The van der Waals surface area contributed by atoms with E-state index >= 15 is 0 Å². The minimum Gasteiger partial charge on any atom is -0.491 e. The van der Waals surface area contributed by atoms with Crippen LogP contribution in [0.15, 0.2) is 18.2 Å². The molecule has 3 rings (SSSR count). The molecule has 1 amide bonds. The Kier molecular flexibility index (Phi) is 2.85. The van der Waals surface area contributed by atoms with Crippen molar-refractivity contribution in [3.05, 3.63) is 23.9 Å². The molecule has 6 nitrogen and oxygen atoms in total. The molecule has 0 unspecified atom stereocenters. The third-order valence-electron chi connectivity index (χ3n) is 3.44. The molecule has 20 heavy (non-hydrogen) atoms. The van der Waals surface area contributed by atoms with Crippen LogP contribution in [-0.4, -0.2) is 29.5 Å². The van der Waals surface area contributed by atoms with E-state index in [1.165, 1.54) is 0 Å². The first-order chi connectivity index (χ1) is 9.56. The molecule has 0 saturated heterocycles. The molecule has 0 fully saturated rings. The minimum atomic E-state index is 0.0409. The molecule has 1 aliphatic rings. The Morgan fingerprint density at radius 2 is 2.25 bits per heavy atom. The van der Waals surface area contributed by atoms with E-state index in [9.17, 15) is 4.79 Å². The van der Waals surface area contributed by atoms with Gasteiger partial charge in [-0.1, -0.05) is 0 Å². The van der Waals surface area contributed by atoms with Gasteiger partial charge in [-0.3, -0.25) is 4.79 Å². The highest BCUT2D eigenvalue weighted by atomic mass is 16.5. The van der Waals surface area contributed by atoms with Crippen molar-refractivity contribution in [2.75, 3.05) is 24.3 Å². The number of H-pyrrole nitrogens is 1. The SMILES string of the molecule is Cc1[nH]c(N)nc1-c1ccc2c(c1)N(C)C(=O)CCO2. The fourth-order valence-electron chi connectivity index (χ4n) is 2.36. The summed E-state index contributed by atoms with van der Waals surface area (Å²) in [5.41, 5.74) is 9.01. The van der Waals surface area contributed by atoms with Crippen molar-refractivity contribution < 1.29 is 9.53 Å². The number of fused-ring (bicyclic) bond motifs is 1. The number of carbonyl (C=O) groups is 1. The number of hydrogen-bond acceptors (Lipinski definition) is 4. The number of benzene rings is 1. The van der Waals surface area contributed by atoms with Gasteiger partial charge in [-0.05, 0) is 25.1 Å². The lowest BCUT2D eigenvalue weighted by atomic mass is 10.1. The molecule has 0 aliphatic carbocycles. The molecule has 2 heterocycles. The van der Waals surface area contributed by atoms with Crippen LogP contribution in [0.25, 0.3) is 11.3 Å². The average molecular weight is 272 g/mol. The molecule has 0 saturated carbocycles. The van der Waals surface area contributed by atoms with Gasteiger partial charge in [0.25, 0.3) is 0 Å². The zero-order valence-corrected chi connectivity index (χ0v) is 11.4. The number of carbonyl (C=O) groups excluding carboxylic acids is 1. The quantitative estimate of drug-likeness (QED) is 0.827. The molecule has 0 radical (unpaired) electrons. The maximum atomic E-state index is 11.9. The van der Waals surface area contributed by atoms with Gasteiger partial charge < -0.3 is 20.4 Å². The fourth-order valence-corrected chi connectivity index (χ4v) is 2.36. The summed E-state index contributed by atoms with van der Waals surface area (Å²) >= 11 is 0. The van der Waals surface area contributed by atoms with Gasteiger partial charge in [-0.15, -0.1) is 0 Å². The Bertz CT molecular complexity index is 678. The number of nitrogens with two attached hydrogens (primary N) is 1. The molecule has 1 aromatic carbocycles. The number of rotatable bonds is 1. The van der Waals surface area contributed by atoms with Gasteiger partial charge in [0.05, 0.1) is 24.4 Å². The first kappa shape index (κ1) is 12.5. The third kappa shape index (κ3) is 1.99. The van der Waals surface area contributed by atoms with Crippen molar-refractivity contribution >= 4 is 17.5 Å². The molecular formula is C14H16N4O2. The fraction of sp³-hybridized carbons (Fsp3) is 0.286. The predicted molar refractivity (Wildman–Crippen MR) is 76.7 cm³/mol. The van der Waals surface area contributed by atoms with Crippen molar-refractivity contribution in [3.63, 3.8) is 0 Å². The van der Waals surface area contributed by atoms with Gasteiger partial charge in [0.2, 0.25) is 5.91 Å². The first-order valence-corrected chi connectivity index (χ1v) is 6.42. The summed E-state index contributed by atoms with van der Waals surface area (Å²) in [7, 11) is 1.76. The van der Waals surface area contributed by atoms with Crippen molar-refractivity contribution in [1.82, 2.24) is 9.97 Å². The highest BCUT2D eigenvalue weighted by molar-refractivity contribution is 5.96. The number of nitrogens with zero attached hydrogens (tertiary/aromatic N) is 2. The second kappa shape index (κ2) is 4.56. The van der Waals surface area contributed by atoms with Gasteiger partial charge in [0.15, 0.2) is 5.95 Å². The van der Waals surface area contributed by atoms with Crippen molar-refractivity contribution in [3.8, 4) is 17.0 Å². The number of nitrogen functional groups attached to an aromatic ring is 1. The highest BCUT2D eigenvalue weighted by Gasteiger charge is 2.21. The molecule has 104 valence electrons. The number of aromatic amines is 1. The summed E-state index contributed by atoms with van der Waals surface area (Å²) in [6.07, 6.45) is 0.384. The van der Waals surface area contributed by atoms with Crippen LogP contribution in [0.3, 0.4) is 0 Å². The van der Waals surface area contributed by atoms with E-state index in [4.69, 9.17) is 10.5 Å². The van der Waals surface area contributed by atoms with Crippen molar-refractivity contribution in [1.29, 1.82) is 0 Å². The van der Waals surface area contributed by atoms with Crippen LogP contribution in [0.4, 0.5) is 11.6 Å². The molecular weight excluding hydrogens is 256 g/mol. The summed E-state index contributed by atoms with van der Waals surface area (Å²) in [5, 5.41) is 0. The summed E-state index contributed by atoms with van der Waals surface area (Å²) in [6.45, 7) is 2.32. The number of nitrogens with one attached hydrogen (secondary N) is 1. The Morgan fingerprint density at radius 1 is 1.45 bits per heavy atom. The van der Waals surface area contributed by atoms with Gasteiger partial charge in [-0.2, -0.15) is 0 Å². The van der Waals surface area contributed by atoms with Crippen LogP contribution in [0.2, 0.25) is 0 Å². The molecule has 1 aliphatic heterocycles. The first-order valence-electron chi connectivity index (χ1n) is 6.42. The zero-order valence-electron chi connectivity index (χ0n) is 11.4. The number of ether oxygens (including phenoxy) is 1. The smallest absolute Gasteiger partial charge is 0.230 e. The number of hydrogen-bond donors (Lipinski definition) is 2. The van der Waals surface area contributed by atoms with Crippen LogP contribution in [0, 0.1) is 6.92 Å². The second-order valence-electron chi connectivity index (χ2n) is 4.83. The van der Waals surface area contributed by atoms with E-state index in [1.54, 1.807) is 11.9 Å². The number of aromatic nitrogens is 2. The highest BCUT2D eigenvalue weighted by Crippen LogP contribution is 2.35. The normalized spacial score (nSPS) is 14.7. The number of amides is 1. The van der Waals surface area contributed by atoms with E-state index in [0.717, 1.165) is 22.6 Å². The lowest BCUT2D eigenvalue weighted by molar-refractivity contribution is -0.118. The molecule has 0 bridgehead atoms. The van der Waals surface area contributed by atoms with Gasteiger partial charge in [0, 0.05) is 18.3 Å². The van der Waals surface area contributed by atoms with Crippen molar-refractivity contribution in [2.45, 2.75) is 13.3 Å². The van der Waals surface area contributed by atoms with E-state index in [1.807, 2.05) is 25.1 Å². The summed E-state index contributed by atoms with van der Waals surface area (Å²) < 4.78 is 5.60. The second-order valence-corrected chi connectivity index (χ2v) is 4.83. The van der Waals surface area contributed by atoms with Crippen LogP contribution in [0.1, 0.15) is 12.1 Å². The molecule has 3 N–H and O–H groups in total. The van der Waals surface area contributed by atoms with E-state index in [-0.39, 0.29) is 5.91 Å². The van der Waals surface area contributed by atoms with Gasteiger partial charge in [0.1, 0.15) is 5.75 Å². The Balaban J connectivity index is 2.10. The zero-order chi connectivity index (χ0) is 14.3. The molecule has 1 aromatic heterocycles. The predicted octanol–water partition coefficient (Wildman–Crippen LogP) is 1.71. The van der Waals surface area contributed by atoms with E-state index < -0.39 is 0 Å². The monoisotopic (exact) mass is 272 g/mol. The summed E-state index contributed by atoms with van der Waals surface area (Å²) in [6, 6.07) is 5.69. The lowest BCUT2D eigenvalue weighted by Gasteiger charge is -2.17. The van der Waals surface area contributed by atoms with Crippen LogP contribution >= 0.6 is 0 Å². The van der Waals surface area contributed by atoms with Crippen LogP contribution in [-0.2, 0) is 4.79 Å². The Labute approximate surface area is 116 Å². The van der Waals surface area contributed by atoms with Crippen LogP contribution in [0.5, 0.6) is 5.75 Å². The molecule has 2 aromatic rings. The van der Waals surface area contributed by atoms with E-state index in [2.05, 4.69) is 9.97 Å². The van der Waals surface area contributed by atoms with Crippen LogP contribution < -0.4 is 15.4 Å². The number of anilines is 2. The molecule has 0 spiro atoms. The standard InChI is InChI=1S/C14H16N4O2/c1-8-13(17-14(15)16-8)9-3-4-11-10(7-9)18(2)12(19)5-6-20-11/h3-4,7H,5-6H2,1-2H3,(H3,15,16,17). The van der Waals surface area contributed by atoms with E-state index in [0.29, 0.717) is 24.7 Å². The van der Waals surface area contributed by atoms with Gasteiger partial charge >= 0.3 is 0 Å². The average Bonchev–Trinajstić information content (AvgIpc) is 2.69. The maximum Gasteiger partial charge on any atom is 0.230 e. The minimum absolute atomic E-state index is 0.0409. The number of imidazole rings is 1. The summed E-state index contributed by atoms with van der Waals surface area (Å²) in [4.78, 5) is 20.8. The number of aryl methyl sites for hydroxylation is 1. The maximum absolute atomic E-state index is 11.9.